The smallest absolute Gasteiger partial charge is 0.247 e. The van der Waals surface area contributed by atoms with Crippen molar-refractivity contribution in [2.45, 2.75) is 26.3 Å². The number of fused-ring (bicyclic) bond motifs is 3. The van der Waals surface area contributed by atoms with Gasteiger partial charge in [0.25, 0.3) is 0 Å². The second kappa shape index (κ2) is 9.27. The van der Waals surface area contributed by atoms with E-state index in [4.69, 9.17) is 9.97 Å². The predicted octanol–water partition coefficient (Wildman–Crippen LogP) is 5.39. The molecule has 0 atom stereocenters. The molecule has 174 valence electrons. The number of hydrogen-bond donors (Lipinski definition) is 0. The number of nitrogens with zero attached hydrogens (tertiary/aromatic N) is 8. The molecule has 0 amide bonds. The molecule has 0 unspecified atom stereocenters. The van der Waals surface area contributed by atoms with Gasteiger partial charge in [0.15, 0.2) is 6.33 Å². The van der Waals surface area contributed by atoms with Gasteiger partial charge in [-0.1, -0.05) is 67.9 Å². The van der Waals surface area contributed by atoms with Crippen molar-refractivity contribution in [1.82, 2.24) is 34.0 Å². The van der Waals surface area contributed by atoms with E-state index < -0.39 is 0 Å². The molecular formula is C26H24N8S. The van der Waals surface area contributed by atoms with E-state index in [0.717, 1.165) is 64.7 Å². The Bertz CT molecular complexity index is 1570. The molecule has 3 aromatic carbocycles. The summed E-state index contributed by atoms with van der Waals surface area (Å²) in [6, 6.07) is 25.0. The summed E-state index contributed by atoms with van der Waals surface area (Å²) in [6.07, 6.45) is 3.69. The van der Waals surface area contributed by atoms with Crippen LogP contribution in [0.25, 0.3) is 33.6 Å². The van der Waals surface area contributed by atoms with Crippen LogP contribution in [0.5, 0.6) is 0 Å². The second-order valence-electron chi connectivity index (χ2n) is 8.40. The normalized spacial score (nSPS) is 11.5. The summed E-state index contributed by atoms with van der Waals surface area (Å²) >= 11 is 1.66. The highest BCUT2D eigenvalue weighted by atomic mass is 32.1. The van der Waals surface area contributed by atoms with E-state index in [1.807, 2.05) is 36.4 Å². The van der Waals surface area contributed by atoms with Crippen LogP contribution in [0.4, 0.5) is 5.13 Å². The topological polar surface area (TPSA) is 77.0 Å². The fourth-order valence-electron chi connectivity index (χ4n) is 4.24. The maximum absolute atomic E-state index is 4.88. The molecule has 0 radical (unpaired) electrons. The molecule has 8 nitrogen and oxygen atoms in total. The summed E-state index contributed by atoms with van der Waals surface area (Å²) in [7, 11) is 0. The van der Waals surface area contributed by atoms with E-state index in [1.54, 1.807) is 16.3 Å². The Hall–Kier alpha value is -4.11. The summed E-state index contributed by atoms with van der Waals surface area (Å²) in [6.45, 7) is 3.96. The predicted molar refractivity (Wildman–Crippen MR) is 139 cm³/mol. The van der Waals surface area contributed by atoms with Crippen LogP contribution in [0, 0.1) is 0 Å². The molecule has 0 spiro atoms. The molecule has 0 aliphatic carbocycles. The van der Waals surface area contributed by atoms with Gasteiger partial charge in [-0.25, -0.2) is 8.77 Å². The van der Waals surface area contributed by atoms with Gasteiger partial charge in [0.05, 0.1) is 16.7 Å². The molecule has 0 fully saturated rings. The molecule has 0 saturated carbocycles. The molecule has 6 rings (SSSR count). The number of benzene rings is 3. The standard InChI is InChI=1S/C26H24N8S/c1-2-3-16-32(26-30-25-29-22-9-5-7-11-24(22)33(25)35-26)17-19-12-14-20(15-13-19)21-8-4-6-10-23(21)34-28-18-27-31-34/h4-15,18H,2-3,16-17H2,1H3. The lowest BCUT2D eigenvalue weighted by molar-refractivity contribution is 0.714. The zero-order valence-electron chi connectivity index (χ0n) is 19.3. The molecule has 0 aliphatic rings. The lowest BCUT2D eigenvalue weighted by atomic mass is 10.0. The lowest BCUT2D eigenvalue weighted by Crippen LogP contribution is -2.23. The van der Waals surface area contributed by atoms with Crippen molar-refractivity contribution < 1.29 is 0 Å². The Balaban J connectivity index is 1.28. The third-order valence-corrected chi connectivity index (χ3v) is 7.09. The van der Waals surface area contributed by atoms with Crippen LogP contribution in [0.1, 0.15) is 25.3 Å². The van der Waals surface area contributed by atoms with Crippen molar-refractivity contribution in [3.05, 3.63) is 84.7 Å². The van der Waals surface area contributed by atoms with Crippen LogP contribution in [0.2, 0.25) is 0 Å². The Kier molecular flexibility index (Phi) is 5.67. The maximum Gasteiger partial charge on any atom is 0.247 e. The average Bonchev–Trinajstić information content (AvgIpc) is 3.64. The molecule has 3 heterocycles. The molecule has 9 heteroatoms. The molecule has 35 heavy (non-hydrogen) atoms. The second-order valence-corrected chi connectivity index (χ2v) is 9.31. The van der Waals surface area contributed by atoms with E-state index in [0.29, 0.717) is 0 Å². The van der Waals surface area contributed by atoms with Crippen molar-refractivity contribution in [3.8, 4) is 16.8 Å². The summed E-state index contributed by atoms with van der Waals surface area (Å²) in [5.74, 6) is 0.765. The zero-order valence-corrected chi connectivity index (χ0v) is 20.1. The first kappa shape index (κ1) is 21.4. The summed E-state index contributed by atoms with van der Waals surface area (Å²) in [5, 5.41) is 13.1. The minimum Gasteiger partial charge on any atom is -0.343 e. The number of rotatable bonds is 8. The van der Waals surface area contributed by atoms with E-state index in [9.17, 15) is 0 Å². The number of anilines is 1. The van der Waals surface area contributed by atoms with Crippen LogP contribution in [0.3, 0.4) is 0 Å². The minimum absolute atomic E-state index is 0.765. The first-order valence-electron chi connectivity index (χ1n) is 11.7. The van der Waals surface area contributed by atoms with Crippen molar-refractivity contribution in [3.63, 3.8) is 0 Å². The minimum atomic E-state index is 0.765. The SMILES string of the molecule is CCCCN(Cc1ccc(-c2ccccc2-n2ncnn2)cc1)c1nc2nc3ccccc3n2s1. The van der Waals surface area contributed by atoms with Gasteiger partial charge in [0.1, 0.15) is 0 Å². The van der Waals surface area contributed by atoms with Crippen molar-refractivity contribution in [2.24, 2.45) is 0 Å². The Morgan fingerprint density at radius 3 is 2.57 bits per heavy atom. The summed E-state index contributed by atoms with van der Waals surface area (Å²) in [5.41, 5.74) is 6.40. The van der Waals surface area contributed by atoms with E-state index >= 15 is 0 Å². The zero-order chi connectivity index (χ0) is 23.6. The highest BCUT2D eigenvalue weighted by molar-refractivity contribution is 7.11. The number of hydrogen-bond acceptors (Lipinski definition) is 7. The van der Waals surface area contributed by atoms with Crippen LogP contribution in [0.15, 0.2) is 79.1 Å². The lowest BCUT2D eigenvalue weighted by Gasteiger charge is -2.21. The Labute approximate surface area is 206 Å². The first-order valence-corrected chi connectivity index (χ1v) is 12.5. The van der Waals surface area contributed by atoms with Gasteiger partial charge < -0.3 is 4.90 Å². The van der Waals surface area contributed by atoms with Crippen molar-refractivity contribution >= 4 is 33.5 Å². The Morgan fingerprint density at radius 2 is 1.74 bits per heavy atom. The summed E-state index contributed by atoms with van der Waals surface area (Å²) < 4.78 is 2.13. The van der Waals surface area contributed by atoms with Gasteiger partial charge in [-0.2, -0.15) is 4.98 Å². The third-order valence-electron chi connectivity index (χ3n) is 6.03. The fraction of sp³-hybridized carbons (Fsp3) is 0.192. The van der Waals surface area contributed by atoms with Gasteiger partial charge in [0.2, 0.25) is 10.9 Å². The highest BCUT2D eigenvalue weighted by Gasteiger charge is 2.16. The highest BCUT2D eigenvalue weighted by Crippen LogP contribution is 2.29. The molecular weight excluding hydrogens is 456 g/mol. The van der Waals surface area contributed by atoms with Crippen LogP contribution in [-0.2, 0) is 6.54 Å². The summed E-state index contributed by atoms with van der Waals surface area (Å²) in [4.78, 5) is 13.5. The van der Waals surface area contributed by atoms with Crippen molar-refractivity contribution in [1.29, 1.82) is 0 Å². The first-order chi connectivity index (χ1) is 17.3. The molecule has 0 bridgehead atoms. The Morgan fingerprint density at radius 1 is 0.914 bits per heavy atom. The van der Waals surface area contributed by atoms with Gasteiger partial charge in [-0.15, -0.1) is 15.0 Å². The van der Waals surface area contributed by atoms with Gasteiger partial charge >= 0.3 is 0 Å². The quantitative estimate of drug-likeness (QED) is 0.291. The fourth-order valence-corrected chi connectivity index (χ4v) is 5.21. The van der Waals surface area contributed by atoms with Crippen LogP contribution >= 0.6 is 11.5 Å². The number of unbranched alkanes of at least 4 members (excludes halogenated alkanes) is 1. The largest absolute Gasteiger partial charge is 0.343 e. The van der Waals surface area contributed by atoms with E-state index in [1.165, 1.54) is 11.9 Å². The van der Waals surface area contributed by atoms with Crippen LogP contribution in [-0.4, -0.2) is 40.5 Å². The maximum atomic E-state index is 4.88. The van der Waals surface area contributed by atoms with E-state index in [2.05, 4.69) is 67.4 Å². The number of tetrazole rings is 1. The van der Waals surface area contributed by atoms with Gasteiger partial charge in [-0.05, 0) is 52.5 Å². The average molecular weight is 481 g/mol. The van der Waals surface area contributed by atoms with Crippen LogP contribution < -0.4 is 4.90 Å². The molecule has 0 N–H and O–H groups in total. The number of para-hydroxylation sites is 3. The molecule has 6 aromatic rings. The molecule has 3 aromatic heterocycles. The monoisotopic (exact) mass is 480 g/mol. The van der Waals surface area contributed by atoms with Crippen molar-refractivity contribution in [2.75, 3.05) is 11.4 Å². The number of aromatic nitrogens is 7. The molecule has 0 saturated heterocycles. The van der Waals surface area contributed by atoms with E-state index in [-0.39, 0.29) is 0 Å². The van der Waals surface area contributed by atoms with Gasteiger partial charge in [0, 0.05) is 18.7 Å². The number of imidazole rings is 1. The molecule has 0 aliphatic heterocycles. The third kappa shape index (κ3) is 4.15. The van der Waals surface area contributed by atoms with Gasteiger partial charge in [-0.3, -0.25) is 0 Å².